The molecule has 2 aromatic carbocycles. The van der Waals surface area contributed by atoms with Gasteiger partial charge >= 0.3 is 16.1 Å². The molecule has 0 spiro atoms. The summed E-state index contributed by atoms with van der Waals surface area (Å²) in [7, 11) is -2.40. The fraction of sp³-hybridized carbons (Fsp3) is 0.375. The van der Waals surface area contributed by atoms with E-state index in [1.165, 1.54) is 21.0 Å². The Morgan fingerprint density at radius 2 is 1.84 bits per heavy atom. The van der Waals surface area contributed by atoms with Gasteiger partial charge in [0.2, 0.25) is 0 Å². The number of benzene rings is 2. The first-order valence-corrected chi connectivity index (χ1v) is 11.8. The molecule has 1 aliphatic rings. The summed E-state index contributed by atoms with van der Waals surface area (Å²) in [6, 6.07) is 6.75. The van der Waals surface area contributed by atoms with Gasteiger partial charge in [-0.1, -0.05) is 26.0 Å². The van der Waals surface area contributed by atoms with Crippen LogP contribution in [0, 0.1) is 12.8 Å². The maximum absolute atomic E-state index is 12.9. The van der Waals surface area contributed by atoms with Gasteiger partial charge in [0.1, 0.15) is 23.7 Å². The van der Waals surface area contributed by atoms with E-state index in [1.807, 2.05) is 26.0 Å². The number of cyclic esters (lactones) is 1. The summed E-state index contributed by atoms with van der Waals surface area (Å²) in [5.41, 5.74) is 2.07. The summed E-state index contributed by atoms with van der Waals surface area (Å²) < 4.78 is 47.4. The summed E-state index contributed by atoms with van der Waals surface area (Å²) in [5.74, 6) is 0.438. The predicted molar refractivity (Wildman–Crippen MR) is 122 cm³/mol. The minimum atomic E-state index is -3.87. The molecule has 0 atom stereocenters. The molecule has 32 heavy (non-hydrogen) atoms. The molecule has 7 nitrogen and oxygen atoms in total. The number of carbonyl (C=O) groups excluding carboxylic acids is 1. The first-order chi connectivity index (χ1) is 15.0. The lowest BCUT2D eigenvalue weighted by molar-refractivity contribution is 0.0455. The van der Waals surface area contributed by atoms with Gasteiger partial charge in [0.05, 0.1) is 12.4 Å². The molecule has 0 fully saturated rings. The van der Waals surface area contributed by atoms with Gasteiger partial charge in [-0.15, -0.1) is 0 Å². The second-order valence-corrected chi connectivity index (χ2v) is 10.3. The summed E-state index contributed by atoms with van der Waals surface area (Å²) in [4.78, 5) is 12.9. The van der Waals surface area contributed by atoms with Crippen molar-refractivity contribution in [3.8, 4) is 23.0 Å². The number of carbonyl (C=O) groups is 1. The van der Waals surface area contributed by atoms with Crippen LogP contribution in [0.5, 0.6) is 23.0 Å². The normalized spacial score (nSPS) is 13.8. The van der Waals surface area contributed by atoms with Crippen molar-refractivity contribution in [3.05, 3.63) is 52.6 Å². The molecule has 3 rings (SSSR count). The SMILES string of the molecule is COc1c(/C=C/C(C)C)ccc2c1C(=O)OCc1cc(C)cc(OS(=O)(=O)C(C)C)c1O2. The van der Waals surface area contributed by atoms with E-state index >= 15 is 0 Å². The average Bonchev–Trinajstić information content (AvgIpc) is 2.70. The number of hydrogen-bond acceptors (Lipinski definition) is 7. The van der Waals surface area contributed by atoms with Crippen LogP contribution in [0.2, 0.25) is 0 Å². The molecule has 0 radical (unpaired) electrons. The third kappa shape index (κ3) is 4.91. The Balaban J connectivity index is 2.17. The Morgan fingerprint density at radius 3 is 2.47 bits per heavy atom. The molecule has 1 heterocycles. The van der Waals surface area contributed by atoms with Crippen molar-refractivity contribution in [2.45, 2.75) is 46.5 Å². The van der Waals surface area contributed by atoms with Crippen LogP contribution in [0.4, 0.5) is 0 Å². The maximum Gasteiger partial charge on any atom is 0.346 e. The van der Waals surface area contributed by atoms with Crippen molar-refractivity contribution in [2.24, 2.45) is 5.92 Å². The van der Waals surface area contributed by atoms with Gasteiger partial charge in [0.15, 0.2) is 11.5 Å². The Bertz CT molecular complexity index is 1160. The largest absolute Gasteiger partial charge is 0.495 e. The van der Waals surface area contributed by atoms with Gasteiger partial charge < -0.3 is 18.4 Å². The third-order valence-electron chi connectivity index (χ3n) is 4.85. The van der Waals surface area contributed by atoms with E-state index in [0.29, 0.717) is 22.8 Å². The van der Waals surface area contributed by atoms with Crippen LogP contribution in [-0.4, -0.2) is 26.7 Å². The van der Waals surface area contributed by atoms with Gasteiger partial charge in [-0.3, -0.25) is 0 Å². The highest BCUT2D eigenvalue weighted by atomic mass is 32.2. The number of methoxy groups -OCH3 is 1. The van der Waals surface area contributed by atoms with Crippen molar-refractivity contribution in [2.75, 3.05) is 7.11 Å². The van der Waals surface area contributed by atoms with Crippen molar-refractivity contribution < 1.29 is 31.6 Å². The van der Waals surface area contributed by atoms with Gasteiger partial charge in [-0.2, -0.15) is 8.42 Å². The fourth-order valence-electron chi connectivity index (χ4n) is 3.15. The minimum Gasteiger partial charge on any atom is -0.495 e. The van der Waals surface area contributed by atoms with Crippen LogP contribution in [0.25, 0.3) is 6.08 Å². The Labute approximate surface area is 189 Å². The smallest absolute Gasteiger partial charge is 0.346 e. The van der Waals surface area contributed by atoms with Gasteiger partial charge in [-0.05, 0) is 56.5 Å². The van der Waals surface area contributed by atoms with Crippen LogP contribution in [0.1, 0.15) is 54.7 Å². The maximum atomic E-state index is 12.9. The van der Waals surface area contributed by atoms with Crippen LogP contribution in [0.3, 0.4) is 0 Å². The summed E-state index contributed by atoms with van der Waals surface area (Å²) in [6.45, 7) is 8.83. The van der Waals surface area contributed by atoms with Crippen LogP contribution in [0.15, 0.2) is 30.3 Å². The van der Waals surface area contributed by atoms with Gasteiger partial charge in [-0.25, -0.2) is 4.79 Å². The van der Waals surface area contributed by atoms with Crippen LogP contribution < -0.4 is 13.7 Å². The number of hydrogen-bond donors (Lipinski definition) is 0. The second-order valence-electron chi connectivity index (χ2n) is 8.22. The zero-order valence-corrected chi connectivity index (χ0v) is 19.9. The van der Waals surface area contributed by atoms with Crippen molar-refractivity contribution in [1.29, 1.82) is 0 Å². The first-order valence-electron chi connectivity index (χ1n) is 10.3. The van der Waals surface area contributed by atoms with Gasteiger partial charge in [0, 0.05) is 11.1 Å². The van der Waals surface area contributed by atoms with Crippen molar-refractivity contribution in [3.63, 3.8) is 0 Å². The van der Waals surface area contributed by atoms with Crippen LogP contribution in [-0.2, 0) is 21.5 Å². The lowest BCUT2D eigenvalue weighted by Gasteiger charge is -2.23. The predicted octanol–water partition coefficient (Wildman–Crippen LogP) is 5.25. The number of fused-ring (bicyclic) bond motifs is 2. The lowest BCUT2D eigenvalue weighted by atomic mass is 10.0. The summed E-state index contributed by atoms with van der Waals surface area (Å²) >= 11 is 0. The van der Waals surface area contributed by atoms with E-state index in [4.69, 9.17) is 18.4 Å². The molecule has 0 saturated heterocycles. The Hall–Kier alpha value is -3.00. The van der Waals surface area contributed by atoms with E-state index in [1.54, 1.807) is 31.2 Å². The standard InChI is InChI=1S/C24H28O7S/c1-14(2)7-8-17-9-10-19-21(23(17)28-6)24(25)29-13-18-11-16(5)12-20(22(18)30-19)31-32(26,27)15(3)4/h7-12,14-15H,13H2,1-6H3/b8-7+. The molecule has 2 aromatic rings. The number of esters is 1. The van der Waals surface area contributed by atoms with E-state index < -0.39 is 21.3 Å². The monoisotopic (exact) mass is 460 g/mol. The molecule has 0 N–H and O–H groups in total. The molecular weight excluding hydrogens is 432 g/mol. The topological polar surface area (TPSA) is 88.1 Å². The zero-order valence-electron chi connectivity index (χ0n) is 19.1. The minimum absolute atomic E-state index is 0.0420. The summed E-state index contributed by atoms with van der Waals surface area (Å²) in [5, 5.41) is -0.743. The molecule has 0 aromatic heterocycles. The van der Waals surface area contributed by atoms with E-state index in [-0.39, 0.29) is 29.4 Å². The molecule has 8 heteroatoms. The first kappa shape index (κ1) is 23.7. The highest BCUT2D eigenvalue weighted by Gasteiger charge is 2.29. The molecule has 0 bridgehead atoms. The molecule has 0 aliphatic carbocycles. The molecule has 172 valence electrons. The molecular formula is C24H28O7S. The Kier molecular flexibility index (Phi) is 6.83. The van der Waals surface area contributed by atoms with Gasteiger partial charge in [0.25, 0.3) is 0 Å². The van der Waals surface area contributed by atoms with E-state index in [2.05, 4.69) is 0 Å². The molecule has 0 unspecified atom stereocenters. The highest BCUT2D eigenvalue weighted by Crippen LogP contribution is 2.43. The van der Waals surface area contributed by atoms with Crippen molar-refractivity contribution in [1.82, 2.24) is 0 Å². The average molecular weight is 461 g/mol. The highest BCUT2D eigenvalue weighted by molar-refractivity contribution is 7.87. The third-order valence-corrected chi connectivity index (χ3v) is 6.42. The zero-order chi connectivity index (χ0) is 23.6. The molecule has 0 saturated carbocycles. The van der Waals surface area contributed by atoms with E-state index in [0.717, 1.165) is 5.56 Å². The Morgan fingerprint density at radius 1 is 1.12 bits per heavy atom. The number of rotatable bonds is 6. The molecule has 1 aliphatic heterocycles. The number of ether oxygens (including phenoxy) is 3. The summed E-state index contributed by atoms with van der Waals surface area (Å²) in [6.07, 6.45) is 3.86. The lowest BCUT2D eigenvalue weighted by Crippen LogP contribution is -2.21. The van der Waals surface area contributed by atoms with Crippen LogP contribution >= 0.6 is 0 Å². The fourth-order valence-corrected chi connectivity index (χ4v) is 3.72. The quantitative estimate of drug-likeness (QED) is 0.429. The molecule has 0 amide bonds. The van der Waals surface area contributed by atoms with Crippen molar-refractivity contribution >= 4 is 22.2 Å². The number of allylic oxidation sites excluding steroid dienone is 1. The van der Waals surface area contributed by atoms with E-state index in [9.17, 15) is 13.2 Å². The second kappa shape index (κ2) is 9.24. The number of aryl methyl sites for hydroxylation is 1.